The standard InChI is InChI=1S/C14H16ClFN2/c1-9(15)14-17-12-7-6-10(16)8-13(12)18(14)11-4-2-3-5-11/h6-9,11H,2-5H2,1H3. The topological polar surface area (TPSA) is 17.8 Å². The molecule has 1 unspecified atom stereocenters. The van der Waals surface area contributed by atoms with Crippen molar-refractivity contribution in [3.8, 4) is 0 Å². The van der Waals surface area contributed by atoms with Gasteiger partial charge in [-0.05, 0) is 38.0 Å². The summed E-state index contributed by atoms with van der Waals surface area (Å²) >= 11 is 6.22. The smallest absolute Gasteiger partial charge is 0.127 e. The Morgan fingerprint density at radius 2 is 2.11 bits per heavy atom. The molecule has 1 aliphatic rings. The van der Waals surface area contributed by atoms with Crippen LogP contribution < -0.4 is 0 Å². The minimum absolute atomic E-state index is 0.152. The van der Waals surface area contributed by atoms with E-state index in [1.54, 1.807) is 12.1 Å². The van der Waals surface area contributed by atoms with E-state index in [0.29, 0.717) is 6.04 Å². The number of nitrogens with zero attached hydrogens (tertiary/aromatic N) is 2. The van der Waals surface area contributed by atoms with Crippen molar-refractivity contribution in [3.63, 3.8) is 0 Å². The fourth-order valence-electron chi connectivity index (χ4n) is 2.91. The van der Waals surface area contributed by atoms with Crippen LogP contribution in [-0.4, -0.2) is 9.55 Å². The van der Waals surface area contributed by atoms with Crippen molar-refractivity contribution in [2.24, 2.45) is 0 Å². The van der Waals surface area contributed by atoms with Gasteiger partial charge in [0.15, 0.2) is 0 Å². The lowest BCUT2D eigenvalue weighted by Gasteiger charge is -2.17. The summed E-state index contributed by atoms with van der Waals surface area (Å²) in [6.45, 7) is 1.92. The lowest BCUT2D eigenvalue weighted by atomic mass is 10.2. The van der Waals surface area contributed by atoms with Crippen molar-refractivity contribution in [3.05, 3.63) is 29.8 Å². The van der Waals surface area contributed by atoms with Crippen LogP contribution >= 0.6 is 11.6 Å². The number of fused-ring (bicyclic) bond motifs is 1. The maximum atomic E-state index is 13.4. The molecule has 1 saturated carbocycles. The molecule has 18 heavy (non-hydrogen) atoms. The third kappa shape index (κ3) is 1.91. The molecule has 0 spiro atoms. The summed E-state index contributed by atoms with van der Waals surface area (Å²) in [5.41, 5.74) is 1.72. The maximum Gasteiger partial charge on any atom is 0.127 e. The third-order valence-electron chi connectivity index (χ3n) is 3.72. The molecule has 0 bridgehead atoms. The summed E-state index contributed by atoms with van der Waals surface area (Å²) < 4.78 is 15.6. The first kappa shape index (κ1) is 12.0. The van der Waals surface area contributed by atoms with Gasteiger partial charge in [-0.2, -0.15) is 0 Å². The molecule has 1 heterocycles. The fraction of sp³-hybridized carbons (Fsp3) is 0.500. The summed E-state index contributed by atoms with van der Waals surface area (Å²) in [5, 5.41) is -0.152. The number of imidazole rings is 1. The number of rotatable bonds is 2. The van der Waals surface area contributed by atoms with Crippen LogP contribution in [0.2, 0.25) is 0 Å². The van der Waals surface area contributed by atoms with Gasteiger partial charge in [-0.15, -0.1) is 11.6 Å². The highest BCUT2D eigenvalue weighted by atomic mass is 35.5. The molecule has 1 aliphatic carbocycles. The van der Waals surface area contributed by atoms with Crippen LogP contribution in [0.5, 0.6) is 0 Å². The molecular weight excluding hydrogens is 251 g/mol. The van der Waals surface area contributed by atoms with Gasteiger partial charge in [-0.3, -0.25) is 0 Å². The number of hydrogen-bond acceptors (Lipinski definition) is 1. The highest BCUT2D eigenvalue weighted by Gasteiger charge is 2.24. The van der Waals surface area contributed by atoms with Crippen molar-refractivity contribution in [1.82, 2.24) is 9.55 Å². The monoisotopic (exact) mass is 266 g/mol. The van der Waals surface area contributed by atoms with Gasteiger partial charge in [-0.25, -0.2) is 9.37 Å². The van der Waals surface area contributed by atoms with E-state index in [0.717, 1.165) is 29.7 Å². The number of benzene rings is 1. The van der Waals surface area contributed by atoms with Crippen molar-refractivity contribution in [2.45, 2.75) is 44.0 Å². The van der Waals surface area contributed by atoms with E-state index in [2.05, 4.69) is 9.55 Å². The summed E-state index contributed by atoms with van der Waals surface area (Å²) in [6, 6.07) is 5.19. The molecule has 0 amide bonds. The van der Waals surface area contributed by atoms with E-state index in [1.165, 1.54) is 18.9 Å². The SMILES string of the molecule is CC(Cl)c1nc2ccc(F)cc2n1C1CCCC1. The summed E-state index contributed by atoms with van der Waals surface area (Å²) in [5.74, 6) is 0.652. The first-order chi connectivity index (χ1) is 8.66. The van der Waals surface area contributed by atoms with Crippen molar-refractivity contribution < 1.29 is 4.39 Å². The normalized spacial score (nSPS) is 18.6. The van der Waals surface area contributed by atoms with Crippen LogP contribution in [0.25, 0.3) is 11.0 Å². The van der Waals surface area contributed by atoms with Crippen LogP contribution in [0.3, 0.4) is 0 Å². The summed E-state index contributed by atoms with van der Waals surface area (Å²) in [4.78, 5) is 4.56. The Morgan fingerprint density at radius 3 is 2.78 bits per heavy atom. The molecule has 4 heteroatoms. The number of aromatic nitrogens is 2. The molecule has 1 aromatic heterocycles. The Bertz CT molecular complexity index is 570. The Balaban J connectivity index is 2.22. The third-order valence-corrected chi connectivity index (χ3v) is 3.92. The number of hydrogen-bond donors (Lipinski definition) is 0. The van der Waals surface area contributed by atoms with Gasteiger partial charge in [0.2, 0.25) is 0 Å². The molecule has 1 atom stereocenters. The van der Waals surface area contributed by atoms with Crippen LogP contribution in [0.15, 0.2) is 18.2 Å². The Morgan fingerprint density at radius 1 is 1.39 bits per heavy atom. The minimum Gasteiger partial charge on any atom is -0.324 e. The van der Waals surface area contributed by atoms with Gasteiger partial charge >= 0.3 is 0 Å². The van der Waals surface area contributed by atoms with Gasteiger partial charge in [0.1, 0.15) is 11.6 Å². The van der Waals surface area contributed by atoms with Crippen LogP contribution in [0, 0.1) is 5.82 Å². The lowest BCUT2D eigenvalue weighted by molar-refractivity contribution is 0.509. The zero-order valence-corrected chi connectivity index (χ0v) is 11.1. The van der Waals surface area contributed by atoms with E-state index >= 15 is 0 Å². The van der Waals surface area contributed by atoms with Gasteiger partial charge in [-0.1, -0.05) is 12.8 Å². The molecule has 1 fully saturated rings. The largest absolute Gasteiger partial charge is 0.324 e. The molecule has 1 aromatic carbocycles. The van der Waals surface area contributed by atoms with Crippen LogP contribution in [0.1, 0.15) is 49.9 Å². The molecule has 2 aromatic rings. The molecule has 2 nitrogen and oxygen atoms in total. The highest BCUT2D eigenvalue weighted by molar-refractivity contribution is 6.20. The van der Waals surface area contributed by atoms with Gasteiger partial charge in [0.25, 0.3) is 0 Å². The summed E-state index contributed by atoms with van der Waals surface area (Å²) in [7, 11) is 0. The fourth-order valence-corrected chi connectivity index (χ4v) is 3.07. The second kappa shape index (κ2) is 4.54. The van der Waals surface area contributed by atoms with Crippen molar-refractivity contribution in [2.75, 3.05) is 0 Å². The molecule has 0 radical (unpaired) electrons. The molecule has 0 aliphatic heterocycles. The molecule has 3 rings (SSSR count). The Labute approximate surface area is 111 Å². The van der Waals surface area contributed by atoms with E-state index in [1.807, 2.05) is 6.92 Å². The quantitative estimate of drug-likeness (QED) is 0.727. The first-order valence-corrected chi connectivity index (χ1v) is 6.92. The molecular formula is C14H16ClFN2. The van der Waals surface area contributed by atoms with Crippen molar-refractivity contribution >= 4 is 22.6 Å². The maximum absolute atomic E-state index is 13.4. The van der Waals surface area contributed by atoms with Crippen LogP contribution in [0.4, 0.5) is 4.39 Å². The average Bonchev–Trinajstić information content (AvgIpc) is 2.93. The van der Waals surface area contributed by atoms with Crippen LogP contribution in [-0.2, 0) is 0 Å². The lowest BCUT2D eigenvalue weighted by Crippen LogP contribution is -2.09. The zero-order valence-electron chi connectivity index (χ0n) is 10.4. The zero-order chi connectivity index (χ0) is 12.7. The van der Waals surface area contributed by atoms with Gasteiger partial charge in [0, 0.05) is 6.04 Å². The van der Waals surface area contributed by atoms with E-state index in [-0.39, 0.29) is 11.2 Å². The van der Waals surface area contributed by atoms with E-state index < -0.39 is 0 Å². The number of halogens is 2. The molecule has 0 saturated heterocycles. The average molecular weight is 267 g/mol. The van der Waals surface area contributed by atoms with E-state index in [9.17, 15) is 4.39 Å². The van der Waals surface area contributed by atoms with Gasteiger partial charge in [0.05, 0.1) is 16.4 Å². The summed E-state index contributed by atoms with van der Waals surface area (Å²) in [6.07, 6.45) is 4.74. The van der Waals surface area contributed by atoms with E-state index in [4.69, 9.17) is 11.6 Å². The number of alkyl halides is 1. The second-order valence-electron chi connectivity index (χ2n) is 5.03. The first-order valence-electron chi connectivity index (χ1n) is 6.48. The second-order valence-corrected chi connectivity index (χ2v) is 5.68. The van der Waals surface area contributed by atoms with Crippen molar-refractivity contribution in [1.29, 1.82) is 0 Å². The predicted octanol–water partition coefficient (Wildman–Crippen LogP) is 4.59. The van der Waals surface area contributed by atoms with Gasteiger partial charge < -0.3 is 4.57 Å². The Kier molecular flexibility index (Phi) is 3.02. The minimum atomic E-state index is -0.213. The molecule has 96 valence electrons. The highest BCUT2D eigenvalue weighted by Crippen LogP contribution is 2.36. The Hall–Kier alpha value is -1.09. The molecule has 0 N–H and O–H groups in total. The predicted molar refractivity (Wildman–Crippen MR) is 71.5 cm³/mol.